The second-order valence-corrected chi connectivity index (χ2v) is 4.67. The summed E-state index contributed by atoms with van der Waals surface area (Å²) >= 11 is 0. The van der Waals surface area contributed by atoms with E-state index in [1.54, 1.807) is 19.2 Å². The molecule has 4 heteroatoms. The van der Waals surface area contributed by atoms with Crippen LogP contribution in [0.25, 0.3) is 0 Å². The fourth-order valence-corrected chi connectivity index (χ4v) is 1.97. The minimum Gasteiger partial charge on any atom is -0.465 e. The van der Waals surface area contributed by atoms with Crippen molar-refractivity contribution < 1.29 is 14.3 Å². The Morgan fingerprint density at radius 3 is 2.14 bits per heavy atom. The molecule has 0 radical (unpaired) electrons. The Morgan fingerprint density at radius 1 is 0.952 bits per heavy atom. The van der Waals surface area contributed by atoms with Gasteiger partial charge in [0.25, 0.3) is 0 Å². The first kappa shape index (κ1) is 15.1. The predicted octanol–water partition coefficient (Wildman–Crippen LogP) is 3.23. The number of carbonyl (C=O) groups excluding carboxylic acids is 1. The predicted molar refractivity (Wildman–Crippen MR) is 82.3 cm³/mol. The molecule has 110 valence electrons. The lowest BCUT2D eigenvalue weighted by molar-refractivity contribution is 0.0601. The van der Waals surface area contributed by atoms with Crippen molar-refractivity contribution in [2.45, 2.75) is 13.2 Å². The monoisotopic (exact) mass is 285 g/mol. The average molecular weight is 285 g/mol. The van der Waals surface area contributed by atoms with Gasteiger partial charge in [0.15, 0.2) is 0 Å². The van der Waals surface area contributed by atoms with Crippen LogP contribution in [0.15, 0.2) is 48.5 Å². The van der Waals surface area contributed by atoms with Gasteiger partial charge < -0.3 is 14.8 Å². The summed E-state index contributed by atoms with van der Waals surface area (Å²) in [6.45, 7) is 1.35. The SMILES string of the molecule is COCc1ccc(CNc2ccc(C(=O)OC)cc2)cc1. The van der Waals surface area contributed by atoms with Crippen LogP contribution in [0.5, 0.6) is 0 Å². The Balaban J connectivity index is 1.91. The van der Waals surface area contributed by atoms with Crippen LogP contribution in [0.4, 0.5) is 5.69 Å². The maximum absolute atomic E-state index is 11.3. The van der Waals surface area contributed by atoms with Gasteiger partial charge in [-0.15, -0.1) is 0 Å². The summed E-state index contributed by atoms with van der Waals surface area (Å²) in [5.41, 5.74) is 3.85. The summed E-state index contributed by atoms with van der Waals surface area (Å²) in [4.78, 5) is 11.3. The zero-order chi connectivity index (χ0) is 15.1. The quantitative estimate of drug-likeness (QED) is 0.828. The molecular weight excluding hydrogens is 266 g/mol. The smallest absolute Gasteiger partial charge is 0.337 e. The molecule has 2 rings (SSSR count). The van der Waals surface area contributed by atoms with Crippen LogP contribution >= 0.6 is 0 Å². The lowest BCUT2D eigenvalue weighted by Crippen LogP contribution is -2.02. The Labute approximate surface area is 124 Å². The Kier molecular flexibility index (Phi) is 5.35. The molecule has 4 nitrogen and oxygen atoms in total. The van der Waals surface area contributed by atoms with Crippen LogP contribution in [0.2, 0.25) is 0 Å². The van der Waals surface area contributed by atoms with E-state index in [-0.39, 0.29) is 5.97 Å². The molecule has 0 aliphatic carbocycles. The van der Waals surface area contributed by atoms with Gasteiger partial charge in [-0.1, -0.05) is 24.3 Å². The molecule has 2 aromatic rings. The second-order valence-electron chi connectivity index (χ2n) is 4.67. The van der Waals surface area contributed by atoms with E-state index in [0.29, 0.717) is 12.2 Å². The summed E-state index contributed by atoms with van der Waals surface area (Å²) in [6, 6.07) is 15.5. The van der Waals surface area contributed by atoms with Crippen LogP contribution in [0, 0.1) is 0 Å². The van der Waals surface area contributed by atoms with Gasteiger partial charge in [0.1, 0.15) is 0 Å². The number of esters is 1. The largest absolute Gasteiger partial charge is 0.465 e. The minimum absolute atomic E-state index is 0.324. The molecule has 0 amide bonds. The highest BCUT2D eigenvalue weighted by molar-refractivity contribution is 5.89. The molecule has 0 aliphatic rings. The molecule has 0 heterocycles. The van der Waals surface area contributed by atoms with E-state index in [0.717, 1.165) is 17.8 Å². The number of rotatable bonds is 6. The number of nitrogens with one attached hydrogen (secondary N) is 1. The number of carbonyl (C=O) groups is 1. The summed E-state index contributed by atoms with van der Waals surface area (Å²) in [5, 5.41) is 3.31. The van der Waals surface area contributed by atoms with Crippen LogP contribution in [0.3, 0.4) is 0 Å². The molecule has 2 aromatic carbocycles. The van der Waals surface area contributed by atoms with Gasteiger partial charge in [-0.2, -0.15) is 0 Å². The Bertz CT molecular complexity index is 576. The molecule has 1 N–H and O–H groups in total. The van der Waals surface area contributed by atoms with E-state index in [9.17, 15) is 4.79 Å². The first-order valence-electron chi connectivity index (χ1n) is 6.72. The van der Waals surface area contributed by atoms with Crippen molar-refractivity contribution in [2.24, 2.45) is 0 Å². The minimum atomic E-state index is -0.324. The lowest BCUT2D eigenvalue weighted by atomic mass is 10.1. The van der Waals surface area contributed by atoms with E-state index in [1.807, 2.05) is 12.1 Å². The van der Waals surface area contributed by atoms with Gasteiger partial charge in [0.2, 0.25) is 0 Å². The van der Waals surface area contributed by atoms with Crippen molar-refractivity contribution in [2.75, 3.05) is 19.5 Å². The van der Waals surface area contributed by atoms with Gasteiger partial charge in [-0.3, -0.25) is 0 Å². The fraction of sp³-hybridized carbons (Fsp3) is 0.235. The van der Waals surface area contributed by atoms with Crippen LogP contribution < -0.4 is 5.32 Å². The number of methoxy groups -OCH3 is 2. The number of anilines is 1. The standard InChI is InChI=1S/C17H19NO3/c1-20-12-14-5-3-13(4-6-14)11-18-16-9-7-15(8-10-16)17(19)21-2/h3-10,18H,11-12H2,1-2H3. The molecule has 0 aromatic heterocycles. The highest BCUT2D eigenvalue weighted by atomic mass is 16.5. The first-order valence-corrected chi connectivity index (χ1v) is 6.72. The van der Waals surface area contributed by atoms with Crippen LogP contribution in [0.1, 0.15) is 21.5 Å². The molecular formula is C17H19NO3. The van der Waals surface area contributed by atoms with Crippen LogP contribution in [-0.4, -0.2) is 20.2 Å². The fourth-order valence-electron chi connectivity index (χ4n) is 1.97. The summed E-state index contributed by atoms with van der Waals surface area (Å²) in [5.74, 6) is -0.324. The number of ether oxygens (including phenoxy) is 2. The molecule has 0 fully saturated rings. The molecule has 0 spiro atoms. The molecule has 0 atom stereocenters. The number of hydrogen-bond acceptors (Lipinski definition) is 4. The van der Waals surface area contributed by atoms with Crippen molar-refractivity contribution in [1.29, 1.82) is 0 Å². The average Bonchev–Trinajstić information content (AvgIpc) is 2.54. The zero-order valence-electron chi connectivity index (χ0n) is 12.3. The van der Waals surface area contributed by atoms with E-state index in [2.05, 4.69) is 34.3 Å². The van der Waals surface area contributed by atoms with Crippen molar-refractivity contribution in [3.8, 4) is 0 Å². The van der Waals surface area contributed by atoms with Gasteiger partial charge in [0.05, 0.1) is 19.3 Å². The Hall–Kier alpha value is -2.33. The molecule has 21 heavy (non-hydrogen) atoms. The third-order valence-electron chi connectivity index (χ3n) is 3.14. The maximum atomic E-state index is 11.3. The third-order valence-corrected chi connectivity index (χ3v) is 3.14. The number of benzene rings is 2. The summed E-state index contributed by atoms with van der Waals surface area (Å²) in [6.07, 6.45) is 0. The molecule has 0 saturated carbocycles. The van der Waals surface area contributed by atoms with Gasteiger partial charge in [0, 0.05) is 19.3 Å². The van der Waals surface area contributed by atoms with Gasteiger partial charge in [-0.05, 0) is 35.4 Å². The van der Waals surface area contributed by atoms with Crippen molar-refractivity contribution in [1.82, 2.24) is 0 Å². The van der Waals surface area contributed by atoms with Crippen molar-refractivity contribution >= 4 is 11.7 Å². The van der Waals surface area contributed by atoms with Crippen LogP contribution in [-0.2, 0) is 22.6 Å². The first-order chi connectivity index (χ1) is 10.2. The highest BCUT2D eigenvalue weighted by Crippen LogP contribution is 2.12. The van der Waals surface area contributed by atoms with E-state index in [1.165, 1.54) is 12.7 Å². The van der Waals surface area contributed by atoms with Gasteiger partial charge >= 0.3 is 5.97 Å². The molecule has 0 saturated heterocycles. The third kappa shape index (κ3) is 4.33. The molecule has 0 bridgehead atoms. The highest BCUT2D eigenvalue weighted by Gasteiger charge is 2.04. The topological polar surface area (TPSA) is 47.6 Å². The van der Waals surface area contributed by atoms with E-state index in [4.69, 9.17) is 4.74 Å². The van der Waals surface area contributed by atoms with Crippen molar-refractivity contribution in [3.05, 3.63) is 65.2 Å². The molecule has 0 aliphatic heterocycles. The number of hydrogen-bond donors (Lipinski definition) is 1. The second kappa shape index (κ2) is 7.45. The summed E-state index contributed by atoms with van der Waals surface area (Å²) in [7, 11) is 3.06. The van der Waals surface area contributed by atoms with Crippen molar-refractivity contribution in [3.63, 3.8) is 0 Å². The van der Waals surface area contributed by atoms with Gasteiger partial charge in [-0.25, -0.2) is 4.79 Å². The normalized spacial score (nSPS) is 10.2. The molecule has 0 unspecified atom stereocenters. The lowest BCUT2D eigenvalue weighted by Gasteiger charge is -2.08. The Morgan fingerprint density at radius 2 is 1.57 bits per heavy atom. The summed E-state index contributed by atoms with van der Waals surface area (Å²) < 4.78 is 9.75. The zero-order valence-corrected chi connectivity index (χ0v) is 12.3. The maximum Gasteiger partial charge on any atom is 0.337 e. The van der Waals surface area contributed by atoms with E-state index < -0.39 is 0 Å². The van der Waals surface area contributed by atoms with E-state index >= 15 is 0 Å².